The number of carbonyl (C=O) groups excluding carboxylic acids is 2. The van der Waals surface area contributed by atoms with Crippen molar-refractivity contribution in [2.45, 2.75) is 26.0 Å². The number of amides is 2. The summed E-state index contributed by atoms with van der Waals surface area (Å²) in [5.41, 5.74) is 1.81. The Hall–Kier alpha value is -4.13. The summed E-state index contributed by atoms with van der Waals surface area (Å²) in [6.45, 7) is 2.53. The van der Waals surface area contributed by atoms with Gasteiger partial charge in [-0.2, -0.15) is 5.10 Å². The molecule has 0 fully saturated rings. The molecule has 0 saturated heterocycles. The molecule has 2 heterocycles. The lowest BCUT2D eigenvalue weighted by Crippen LogP contribution is -2.45. The normalized spacial score (nSPS) is 15.2. The van der Waals surface area contributed by atoms with Crippen LogP contribution in [-0.4, -0.2) is 34.2 Å². The number of hydrogen-bond donors (Lipinski definition) is 1. The van der Waals surface area contributed by atoms with Crippen molar-refractivity contribution in [3.8, 4) is 5.75 Å². The van der Waals surface area contributed by atoms with Gasteiger partial charge in [0, 0.05) is 19.0 Å². The first-order valence-corrected chi connectivity index (χ1v) is 11.0. The second-order valence-electron chi connectivity index (χ2n) is 8.03. The number of benzene rings is 3. The van der Waals surface area contributed by atoms with Gasteiger partial charge in [0.2, 0.25) is 5.91 Å². The predicted octanol–water partition coefficient (Wildman–Crippen LogP) is 4.23. The highest BCUT2D eigenvalue weighted by Crippen LogP contribution is 2.33. The Bertz CT molecular complexity index is 1320. The molecule has 2 amide bonds. The van der Waals surface area contributed by atoms with Gasteiger partial charge in [0.25, 0.3) is 5.91 Å². The Morgan fingerprint density at radius 3 is 2.73 bits per heavy atom. The molecule has 1 aromatic heterocycles. The zero-order valence-corrected chi connectivity index (χ0v) is 18.3. The van der Waals surface area contributed by atoms with Crippen LogP contribution in [0, 0.1) is 0 Å². The zero-order valence-electron chi connectivity index (χ0n) is 18.3. The summed E-state index contributed by atoms with van der Waals surface area (Å²) in [5, 5.41) is 9.66. The molecule has 7 nitrogen and oxygen atoms in total. The first-order valence-electron chi connectivity index (χ1n) is 11.0. The van der Waals surface area contributed by atoms with Crippen LogP contribution in [0.2, 0.25) is 0 Å². The highest BCUT2D eigenvalue weighted by atomic mass is 16.5. The summed E-state index contributed by atoms with van der Waals surface area (Å²) in [4.78, 5) is 27.0. The molecule has 1 unspecified atom stereocenters. The fourth-order valence-corrected chi connectivity index (χ4v) is 4.16. The fraction of sp³-hybridized carbons (Fsp3) is 0.192. The molecule has 0 spiro atoms. The maximum atomic E-state index is 12.7. The highest BCUT2D eigenvalue weighted by Gasteiger charge is 2.31. The van der Waals surface area contributed by atoms with Crippen molar-refractivity contribution < 1.29 is 14.3 Å². The van der Waals surface area contributed by atoms with Crippen LogP contribution in [0.3, 0.4) is 0 Å². The second kappa shape index (κ2) is 8.78. The molecule has 33 heavy (non-hydrogen) atoms. The quantitative estimate of drug-likeness (QED) is 0.487. The molecule has 1 N–H and O–H groups in total. The molecule has 1 aliphatic heterocycles. The van der Waals surface area contributed by atoms with E-state index < -0.39 is 6.10 Å². The largest absolute Gasteiger partial charge is 0.479 e. The molecule has 4 aromatic rings. The van der Waals surface area contributed by atoms with Crippen molar-refractivity contribution in [2.75, 3.05) is 16.8 Å². The number of fused-ring (bicyclic) bond motifs is 2. The summed E-state index contributed by atoms with van der Waals surface area (Å²) in [6.07, 6.45) is 1.25. The molecular weight excluding hydrogens is 416 g/mol. The fourth-order valence-electron chi connectivity index (χ4n) is 4.16. The van der Waals surface area contributed by atoms with E-state index >= 15 is 0 Å². The number of rotatable bonds is 6. The number of aromatic nitrogens is 2. The van der Waals surface area contributed by atoms with Crippen LogP contribution >= 0.6 is 0 Å². The standard InChI is InChI=1S/C26H24N4O3/c1-18-26(32)29(22-11-4-5-12-23(22)33-18)16-14-25(31)28-24-13-15-27-30(24)17-20-9-6-8-19-7-2-3-10-21(19)20/h2-13,15,18H,14,16-17H2,1H3,(H,28,31). The molecular formula is C26H24N4O3. The Kier molecular flexibility index (Phi) is 5.52. The van der Waals surface area contributed by atoms with E-state index in [-0.39, 0.29) is 24.8 Å². The van der Waals surface area contributed by atoms with Crippen molar-refractivity contribution in [1.29, 1.82) is 0 Å². The highest BCUT2D eigenvalue weighted by molar-refractivity contribution is 6.00. The van der Waals surface area contributed by atoms with E-state index in [2.05, 4.69) is 34.7 Å². The van der Waals surface area contributed by atoms with Crippen LogP contribution in [0.4, 0.5) is 11.5 Å². The maximum absolute atomic E-state index is 12.7. The third-order valence-corrected chi connectivity index (χ3v) is 5.82. The van der Waals surface area contributed by atoms with Gasteiger partial charge in [-0.3, -0.25) is 9.59 Å². The Morgan fingerprint density at radius 2 is 1.82 bits per heavy atom. The molecule has 7 heteroatoms. The van der Waals surface area contributed by atoms with Gasteiger partial charge in [-0.25, -0.2) is 4.68 Å². The van der Waals surface area contributed by atoms with Crippen LogP contribution in [0.15, 0.2) is 79.0 Å². The van der Waals surface area contributed by atoms with E-state index in [9.17, 15) is 9.59 Å². The second-order valence-corrected chi connectivity index (χ2v) is 8.03. The van der Waals surface area contributed by atoms with E-state index in [1.165, 1.54) is 0 Å². The van der Waals surface area contributed by atoms with Crippen molar-refractivity contribution >= 4 is 34.1 Å². The van der Waals surface area contributed by atoms with Crippen LogP contribution in [0.1, 0.15) is 18.9 Å². The van der Waals surface area contributed by atoms with Crippen LogP contribution in [0.25, 0.3) is 10.8 Å². The van der Waals surface area contributed by atoms with E-state index in [0.29, 0.717) is 23.8 Å². The zero-order chi connectivity index (χ0) is 22.8. The number of ether oxygens (including phenoxy) is 1. The van der Waals surface area contributed by atoms with E-state index in [1.807, 2.05) is 42.5 Å². The number of anilines is 2. The maximum Gasteiger partial charge on any atom is 0.267 e. The lowest BCUT2D eigenvalue weighted by molar-refractivity contribution is -0.125. The molecule has 1 aliphatic rings. The first kappa shape index (κ1) is 20.8. The van der Waals surface area contributed by atoms with Crippen molar-refractivity contribution in [2.24, 2.45) is 0 Å². The van der Waals surface area contributed by atoms with Gasteiger partial charge in [-0.05, 0) is 35.4 Å². The van der Waals surface area contributed by atoms with Crippen LogP contribution in [-0.2, 0) is 16.1 Å². The number of carbonyl (C=O) groups is 2. The molecule has 0 radical (unpaired) electrons. The summed E-state index contributed by atoms with van der Waals surface area (Å²) in [7, 11) is 0. The van der Waals surface area contributed by atoms with Gasteiger partial charge in [-0.1, -0.05) is 54.6 Å². The first-order chi connectivity index (χ1) is 16.1. The van der Waals surface area contributed by atoms with Crippen LogP contribution in [0.5, 0.6) is 5.75 Å². The summed E-state index contributed by atoms with van der Waals surface area (Å²) < 4.78 is 7.44. The monoisotopic (exact) mass is 440 g/mol. The summed E-state index contributed by atoms with van der Waals surface area (Å²) in [5.74, 6) is 0.940. The SMILES string of the molecule is CC1Oc2ccccc2N(CCC(=O)Nc2ccnn2Cc2cccc3ccccc23)C1=O. The Balaban J connectivity index is 1.27. The lowest BCUT2D eigenvalue weighted by atomic mass is 10.0. The van der Waals surface area contributed by atoms with Crippen molar-refractivity contribution in [3.63, 3.8) is 0 Å². The average Bonchev–Trinajstić information content (AvgIpc) is 3.26. The molecule has 0 aliphatic carbocycles. The molecule has 0 saturated carbocycles. The smallest absolute Gasteiger partial charge is 0.267 e. The Labute approximate surface area is 191 Å². The minimum absolute atomic E-state index is 0.150. The minimum atomic E-state index is -0.579. The summed E-state index contributed by atoms with van der Waals surface area (Å²) in [6, 6.07) is 23.5. The molecule has 166 valence electrons. The van der Waals surface area contributed by atoms with Crippen LogP contribution < -0.4 is 15.0 Å². The molecule has 5 rings (SSSR count). The van der Waals surface area contributed by atoms with E-state index in [4.69, 9.17) is 4.74 Å². The van der Waals surface area contributed by atoms with E-state index in [0.717, 1.165) is 16.3 Å². The van der Waals surface area contributed by atoms with Crippen molar-refractivity contribution in [3.05, 3.63) is 84.6 Å². The molecule has 3 aromatic carbocycles. The lowest BCUT2D eigenvalue weighted by Gasteiger charge is -2.32. The summed E-state index contributed by atoms with van der Waals surface area (Å²) >= 11 is 0. The van der Waals surface area contributed by atoms with Gasteiger partial charge >= 0.3 is 0 Å². The van der Waals surface area contributed by atoms with Gasteiger partial charge < -0.3 is 15.0 Å². The van der Waals surface area contributed by atoms with Crippen molar-refractivity contribution in [1.82, 2.24) is 9.78 Å². The predicted molar refractivity (Wildman–Crippen MR) is 127 cm³/mol. The number of hydrogen-bond acceptors (Lipinski definition) is 4. The van der Waals surface area contributed by atoms with E-state index in [1.54, 1.807) is 28.8 Å². The molecule has 1 atom stereocenters. The third kappa shape index (κ3) is 4.17. The number of nitrogens with zero attached hydrogens (tertiary/aromatic N) is 3. The van der Waals surface area contributed by atoms with Gasteiger partial charge in [-0.15, -0.1) is 0 Å². The van der Waals surface area contributed by atoms with Gasteiger partial charge in [0.1, 0.15) is 11.6 Å². The number of nitrogens with one attached hydrogen (secondary N) is 1. The third-order valence-electron chi connectivity index (χ3n) is 5.82. The minimum Gasteiger partial charge on any atom is -0.479 e. The number of para-hydroxylation sites is 2. The Morgan fingerprint density at radius 1 is 1.03 bits per heavy atom. The topological polar surface area (TPSA) is 76.5 Å². The molecule has 0 bridgehead atoms. The average molecular weight is 441 g/mol. The van der Waals surface area contributed by atoms with Gasteiger partial charge in [0.05, 0.1) is 18.4 Å². The van der Waals surface area contributed by atoms with Gasteiger partial charge in [0.15, 0.2) is 6.10 Å².